The third-order valence-corrected chi connectivity index (χ3v) is 4.15. The fraction of sp³-hybridized carbons (Fsp3) is 0.588. The van der Waals surface area contributed by atoms with Crippen molar-refractivity contribution in [1.82, 2.24) is 0 Å². The molecule has 0 radical (unpaired) electrons. The van der Waals surface area contributed by atoms with E-state index < -0.39 is 6.10 Å². The maximum Gasteiger partial charge on any atom is 0.361 e. The summed E-state index contributed by atoms with van der Waals surface area (Å²) in [6.07, 6.45) is 5.08. The number of aliphatic hydroxyl groups excluding tert-OH is 1. The summed E-state index contributed by atoms with van der Waals surface area (Å²) in [4.78, 5) is 11.8. The Kier molecular flexibility index (Phi) is 8.46. The highest BCUT2D eigenvalue weighted by Crippen LogP contribution is 2.20. The molecule has 2 rings (SSSR count). The second kappa shape index (κ2) is 9.82. The van der Waals surface area contributed by atoms with Crippen molar-refractivity contribution in [2.75, 3.05) is 6.54 Å². The highest BCUT2D eigenvalue weighted by atomic mass is 35.5. The van der Waals surface area contributed by atoms with Crippen molar-refractivity contribution in [2.24, 2.45) is 0 Å². The van der Waals surface area contributed by atoms with Crippen LogP contribution in [0.15, 0.2) is 30.3 Å². The van der Waals surface area contributed by atoms with Gasteiger partial charge in [-0.25, -0.2) is 4.79 Å². The molecule has 0 saturated heterocycles. The van der Waals surface area contributed by atoms with Crippen LogP contribution in [-0.4, -0.2) is 29.8 Å². The number of carbonyl (C=O) groups is 1. The molecule has 0 heterocycles. The largest absolute Gasteiger partial charge is 1.00 e. The van der Waals surface area contributed by atoms with Crippen LogP contribution in [0.2, 0.25) is 0 Å². The average molecular weight is 328 g/mol. The van der Waals surface area contributed by atoms with E-state index in [-0.39, 0.29) is 37.1 Å². The van der Waals surface area contributed by atoms with E-state index in [0.717, 1.165) is 31.2 Å². The van der Waals surface area contributed by atoms with Gasteiger partial charge in [-0.1, -0.05) is 36.8 Å². The van der Waals surface area contributed by atoms with Crippen LogP contribution in [0.3, 0.4) is 0 Å². The van der Waals surface area contributed by atoms with Gasteiger partial charge in [-0.05, 0) is 38.2 Å². The van der Waals surface area contributed by atoms with Crippen molar-refractivity contribution in [1.29, 1.82) is 0 Å². The van der Waals surface area contributed by atoms with Crippen molar-refractivity contribution in [2.45, 2.75) is 57.3 Å². The number of aliphatic hydroxyl groups is 1. The number of halogens is 1. The maximum atomic E-state index is 11.8. The zero-order valence-corrected chi connectivity index (χ0v) is 13.8. The SMILES string of the molecule is CC([NH2+]CC(=O)OC1CCCCC1)C(O)c1ccccc1.[Cl-]. The van der Waals surface area contributed by atoms with Crippen LogP contribution in [0.25, 0.3) is 0 Å². The molecule has 1 aromatic rings. The first kappa shape index (κ1) is 18.9. The highest BCUT2D eigenvalue weighted by Gasteiger charge is 2.22. The van der Waals surface area contributed by atoms with Gasteiger partial charge in [-0.15, -0.1) is 0 Å². The van der Waals surface area contributed by atoms with E-state index >= 15 is 0 Å². The van der Waals surface area contributed by atoms with Crippen molar-refractivity contribution >= 4 is 5.97 Å². The van der Waals surface area contributed by atoms with Crippen molar-refractivity contribution < 1.29 is 32.4 Å². The smallest absolute Gasteiger partial charge is 0.361 e. The summed E-state index contributed by atoms with van der Waals surface area (Å²) in [5.74, 6) is -0.172. The van der Waals surface area contributed by atoms with E-state index in [4.69, 9.17) is 4.74 Å². The Hall–Kier alpha value is -1.10. The maximum absolute atomic E-state index is 11.8. The van der Waals surface area contributed by atoms with E-state index in [1.54, 1.807) is 0 Å². The van der Waals surface area contributed by atoms with Crippen molar-refractivity contribution in [3.8, 4) is 0 Å². The van der Waals surface area contributed by atoms with Crippen molar-refractivity contribution in [3.05, 3.63) is 35.9 Å². The minimum Gasteiger partial charge on any atom is -1.00 e. The first-order chi connectivity index (χ1) is 10.2. The first-order valence-electron chi connectivity index (χ1n) is 7.92. The lowest BCUT2D eigenvalue weighted by molar-refractivity contribution is -0.685. The zero-order chi connectivity index (χ0) is 15.1. The molecular weight excluding hydrogens is 302 g/mol. The molecule has 1 fully saturated rings. The number of ether oxygens (including phenoxy) is 1. The number of quaternary nitrogens is 1. The second-order valence-electron chi connectivity index (χ2n) is 5.90. The summed E-state index contributed by atoms with van der Waals surface area (Å²) >= 11 is 0. The Labute approximate surface area is 138 Å². The third-order valence-electron chi connectivity index (χ3n) is 4.15. The quantitative estimate of drug-likeness (QED) is 0.629. The Morgan fingerprint density at radius 1 is 1.27 bits per heavy atom. The number of esters is 1. The third kappa shape index (κ3) is 5.95. The van der Waals surface area contributed by atoms with E-state index in [1.165, 1.54) is 6.42 Å². The van der Waals surface area contributed by atoms with Crippen LogP contribution in [0.5, 0.6) is 0 Å². The highest BCUT2D eigenvalue weighted by molar-refractivity contribution is 5.70. The standard InChI is InChI=1S/C17H25NO3.ClH/c1-13(17(20)14-8-4-2-5-9-14)18-12-16(19)21-15-10-6-3-7-11-15;/h2,4-5,8-9,13,15,17-18,20H,3,6-7,10-12H2,1H3;1H. The molecule has 1 saturated carbocycles. The van der Waals surface area contributed by atoms with Gasteiger partial charge in [-0.3, -0.25) is 0 Å². The summed E-state index contributed by atoms with van der Waals surface area (Å²) in [6.45, 7) is 2.19. The van der Waals surface area contributed by atoms with Gasteiger partial charge >= 0.3 is 5.97 Å². The molecule has 124 valence electrons. The topological polar surface area (TPSA) is 63.1 Å². The van der Waals surface area contributed by atoms with Gasteiger partial charge in [-0.2, -0.15) is 0 Å². The fourth-order valence-corrected chi connectivity index (χ4v) is 2.78. The summed E-state index contributed by atoms with van der Waals surface area (Å²) < 4.78 is 5.48. The summed E-state index contributed by atoms with van der Waals surface area (Å²) in [5, 5.41) is 12.1. The molecule has 5 heteroatoms. The molecule has 1 aliphatic rings. The molecule has 0 spiro atoms. The van der Waals surface area contributed by atoms with Crippen LogP contribution in [0.4, 0.5) is 0 Å². The lowest BCUT2D eigenvalue weighted by atomic mass is 9.98. The second-order valence-corrected chi connectivity index (χ2v) is 5.90. The minimum absolute atomic E-state index is 0. The van der Waals surface area contributed by atoms with Crippen molar-refractivity contribution in [3.63, 3.8) is 0 Å². The predicted molar refractivity (Wildman–Crippen MR) is 80.6 cm³/mol. The Balaban J connectivity index is 0.00000242. The molecule has 3 N–H and O–H groups in total. The minimum atomic E-state index is -0.575. The Bertz CT molecular complexity index is 435. The molecule has 2 atom stereocenters. The lowest BCUT2D eigenvalue weighted by Crippen LogP contribution is -3.00. The lowest BCUT2D eigenvalue weighted by Gasteiger charge is -2.22. The van der Waals surface area contributed by atoms with E-state index in [0.29, 0.717) is 0 Å². The van der Waals surface area contributed by atoms with Gasteiger partial charge in [0.25, 0.3) is 0 Å². The van der Waals surface area contributed by atoms with Gasteiger partial charge in [0, 0.05) is 0 Å². The van der Waals surface area contributed by atoms with E-state index in [2.05, 4.69) is 0 Å². The summed E-state index contributed by atoms with van der Waals surface area (Å²) in [5.41, 5.74) is 0.877. The summed E-state index contributed by atoms with van der Waals surface area (Å²) in [7, 11) is 0. The van der Waals surface area contributed by atoms with Crippen LogP contribution in [-0.2, 0) is 9.53 Å². The molecule has 0 aromatic heterocycles. The van der Waals surface area contributed by atoms with Gasteiger partial charge in [0.2, 0.25) is 0 Å². The molecule has 1 aromatic carbocycles. The molecule has 0 bridgehead atoms. The van der Waals surface area contributed by atoms with Gasteiger partial charge in [0.05, 0.1) is 0 Å². The van der Waals surface area contributed by atoms with Crippen LogP contribution in [0.1, 0.15) is 50.7 Å². The number of hydrogen-bond acceptors (Lipinski definition) is 3. The average Bonchev–Trinajstić information content (AvgIpc) is 2.53. The molecule has 22 heavy (non-hydrogen) atoms. The molecule has 2 unspecified atom stereocenters. The Morgan fingerprint density at radius 2 is 1.91 bits per heavy atom. The number of hydrogen-bond donors (Lipinski definition) is 2. The predicted octanol–water partition coefficient (Wildman–Crippen LogP) is -1.45. The van der Waals surface area contributed by atoms with E-state index in [9.17, 15) is 9.90 Å². The first-order valence-corrected chi connectivity index (χ1v) is 7.92. The molecule has 1 aliphatic carbocycles. The van der Waals surface area contributed by atoms with E-state index in [1.807, 2.05) is 42.6 Å². The van der Waals surface area contributed by atoms with Gasteiger partial charge < -0.3 is 27.6 Å². The van der Waals surface area contributed by atoms with Crippen LogP contribution in [0, 0.1) is 0 Å². The van der Waals surface area contributed by atoms with Crippen LogP contribution >= 0.6 is 0 Å². The molecule has 0 amide bonds. The molecule has 4 nitrogen and oxygen atoms in total. The fourth-order valence-electron chi connectivity index (χ4n) is 2.78. The molecule has 0 aliphatic heterocycles. The van der Waals surface area contributed by atoms with Gasteiger partial charge in [0.15, 0.2) is 6.54 Å². The summed E-state index contributed by atoms with van der Waals surface area (Å²) in [6, 6.07) is 9.45. The normalized spacial score (nSPS) is 18.1. The monoisotopic (exact) mass is 327 g/mol. The number of nitrogens with two attached hydrogens (primary N) is 1. The Morgan fingerprint density at radius 3 is 2.55 bits per heavy atom. The zero-order valence-electron chi connectivity index (χ0n) is 13.1. The number of benzene rings is 1. The number of carbonyl (C=O) groups excluding carboxylic acids is 1. The van der Waals surface area contributed by atoms with Gasteiger partial charge in [0.1, 0.15) is 18.2 Å². The van der Waals surface area contributed by atoms with Crippen LogP contribution < -0.4 is 17.7 Å². The molecular formula is C17H26ClNO3. The number of rotatable bonds is 6.